The van der Waals surface area contributed by atoms with E-state index in [0.29, 0.717) is 50.1 Å². The molecule has 1 radical (unpaired) electrons. The summed E-state index contributed by atoms with van der Waals surface area (Å²) in [4.78, 5) is 31.3. The molecule has 0 bridgehead atoms. The molecule has 3 fully saturated rings. The van der Waals surface area contributed by atoms with E-state index in [1.54, 1.807) is 4.90 Å². The number of rotatable bonds is 9. The van der Waals surface area contributed by atoms with E-state index in [9.17, 15) is 10.1 Å². The smallest absolute Gasteiger partial charge is 0.318 e. The lowest BCUT2D eigenvalue weighted by Gasteiger charge is -2.42. The summed E-state index contributed by atoms with van der Waals surface area (Å²) in [5.41, 5.74) is 3.60. The lowest BCUT2D eigenvalue weighted by molar-refractivity contribution is -0.128. The third-order valence-corrected chi connectivity index (χ3v) is 9.19. The lowest BCUT2D eigenvalue weighted by Crippen LogP contribution is -2.55. The van der Waals surface area contributed by atoms with E-state index in [1.165, 1.54) is 18.2 Å². The van der Waals surface area contributed by atoms with E-state index in [0.717, 1.165) is 55.8 Å². The van der Waals surface area contributed by atoms with Crippen molar-refractivity contribution in [1.82, 2.24) is 24.7 Å². The Kier molecular flexibility index (Phi) is 9.29. The maximum Gasteiger partial charge on any atom is 0.318 e. The molecule has 0 N–H and O–H groups in total. The number of amides is 1. The summed E-state index contributed by atoms with van der Waals surface area (Å²) < 4.78 is 6.32. The van der Waals surface area contributed by atoms with Crippen molar-refractivity contribution in [1.29, 1.82) is 5.26 Å². The van der Waals surface area contributed by atoms with Gasteiger partial charge < -0.3 is 24.3 Å². The zero-order chi connectivity index (χ0) is 28.9. The van der Waals surface area contributed by atoms with Gasteiger partial charge >= 0.3 is 6.01 Å². The minimum absolute atomic E-state index is 0.127. The number of hydrogen-bond donors (Lipinski definition) is 0. The van der Waals surface area contributed by atoms with Gasteiger partial charge in [0.25, 0.3) is 0 Å². The Morgan fingerprint density at radius 2 is 2.05 bits per heavy atom. The highest BCUT2D eigenvalue weighted by molar-refractivity contribution is 5.87. The van der Waals surface area contributed by atoms with E-state index < -0.39 is 0 Å². The van der Waals surface area contributed by atoms with Crippen molar-refractivity contribution in [2.75, 3.05) is 58.3 Å². The first-order valence-electron chi connectivity index (χ1n) is 15.1. The van der Waals surface area contributed by atoms with Crippen LogP contribution in [0.3, 0.4) is 0 Å². The average molecular weight is 559 g/mol. The van der Waals surface area contributed by atoms with Crippen LogP contribution < -0.4 is 9.64 Å². The molecule has 0 saturated carbocycles. The average Bonchev–Trinajstić information content (AvgIpc) is 3.40. The van der Waals surface area contributed by atoms with Crippen molar-refractivity contribution in [2.24, 2.45) is 11.8 Å². The molecule has 9 nitrogen and oxygen atoms in total. The molecule has 4 atom stereocenters. The molecule has 1 amide bonds. The summed E-state index contributed by atoms with van der Waals surface area (Å²) in [6, 6.07) is 2.86. The Balaban J connectivity index is 1.43. The minimum atomic E-state index is -0.217. The molecule has 3 aliphatic heterocycles. The van der Waals surface area contributed by atoms with Crippen LogP contribution in [0.15, 0.2) is 36.6 Å². The number of ether oxygens (including phenoxy) is 1. The van der Waals surface area contributed by atoms with Gasteiger partial charge in [0.2, 0.25) is 5.91 Å². The monoisotopic (exact) mass is 558 g/mol. The summed E-state index contributed by atoms with van der Waals surface area (Å²) in [5, 5.41) is 9.52. The van der Waals surface area contributed by atoms with Crippen LogP contribution in [0.2, 0.25) is 0 Å². The number of nitrogens with zero attached hydrogens (tertiary/aromatic N) is 7. The number of carbonyl (C=O) groups excluding carboxylic acids is 1. The molecule has 4 aliphatic rings. The topological polar surface area (TPSA) is 88.8 Å². The van der Waals surface area contributed by atoms with Crippen LogP contribution in [0.25, 0.3) is 0 Å². The van der Waals surface area contributed by atoms with Crippen molar-refractivity contribution in [3.63, 3.8) is 0 Å². The zero-order valence-corrected chi connectivity index (χ0v) is 24.8. The van der Waals surface area contributed by atoms with Gasteiger partial charge in [-0.2, -0.15) is 15.2 Å². The number of nitriles is 1. The highest BCUT2D eigenvalue weighted by Gasteiger charge is 2.34. The van der Waals surface area contributed by atoms with Crippen molar-refractivity contribution in [3.05, 3.63) is 54.3 Å². The fourth-order valence-corrected chi connectivity index (χ4v) is 6.98. The largest absolute Gasteiger partial charge is 0.462 e. The molecule has 5 rings (SSSR count). The van der Waals surface area contributed by atoms with Crippen LogP contribution in [-0.2, 0) is 17.6 Å². The summed E-state index contributed by atoms with van der Waals surface area (Å²) >= 11 is 0. The van der Waals surface area contributed by atoms with Gasteiger partial charge in [-0.25, -0.2) is 0 Å². The number of aromatic nitrogens is 2. The fourth-order valence-electron chi connectivity index (χ4n) is 6.98. The van der Waals surface area contributed by atoms with Gasteiger partial charge in [0, 0.05) is 56.4 Å². The third-order valence-electron chi connectivity index (χ3n) is 9.19. The minimum Gasteiger partial charge on any atom is -0.462 e. The Bertz CT molecular complexity index is 1220. The van der Waals surface area contributed by atoms with E-state index in [-0.39, 0.29) is 18.4 Å². The molecular weight excluding hydrogens is 514 g/mol. The van der Waals surface area contributed by atoms with Gasteiger partial charge in [-0.3, -0.25) is 4.79 Å². The second-order valence-electron chi connectivity index (χ2n) is 11.9. The number of anilines is 1. The molecule has 1 aromatic rings. The number of likely N-dealkylation sites (tertiary alicyclic amines) is 2. The van der Waals surface area contributed by atoms with E-state index in [4.69, 9.17) is 14.7 Å². The van der Waals surface area contributed by atoms with Crippen LogP contribution in [-0.4, -0.2) is 96.1 Å². The number of hydrogen-bond acceptors (Lipinski definition) is 8. The lowest BCUT2D eigenvalue weighted by atomic mass is 9.80. The highest BCUT2D eigenvalue weighted by atomic mass is 16.5. The number of allylic oxidation sites excluding steroid dienone is 4. The second kappa shape index (κ2) is 13.1. The van der Waals surface area contributed by atoms with Crippen molar-refractivity contribution in [3.8, 4) is 12.1 Å². The summed E-state index contributed by atoms with van der Waals surface area (Å²) in [6.07, 6.45) is 15.5. The Hall–Kier alpha value is -3.38. The van der Waals surface area contributed by atoms with Crippen LogP contribution >= 0.6 is 0 Å². The van der Waals surface area contributed by atoms with Gasteiger partial charge in [0.05, 0.1) is 24.2 Å². The normalized spacial score (nSPS) is 26.4. The Morgan fingerprint density at radius 3 is 2.78 bits per heavy atom. The van der Waals surface area contributed by atoms with Gasteiger partial charge in [-0.1, -0.05) is 25.7 Å². The van der Waals surface area contributed by atoms with Crippen molar-refractivity contribution < 1.29 is 9.53 Å². The molecule has 3 saturated heterocycles. The molecular formula is C32H44N7O2. The molecule has 219 valence electrons. The fraction of sp³-hybridized carbons (Fsp3) is 0.594. The van der Waals surface area contributed by atoms with Crippen LogP contribution in [0.1, 0.15) is 43.9 Å². The number of likely N-dealkylation sites (N-methyl/N-ethyl adjacent to an activating group) is 1. The van der Waals surface area contributed by atoms with Gasteiger partial charge in [-0.05, 0) is 70.2 Å². The van der Waals surface area contributed by atoms with E-state index in [1.807, 2.05) is 0 Å². The van der Waals surface area contributed by atoms with Crippen molar-refractivity contribution >= 4 is 11.7 Å². The van der Waals surface area contributed by atoms with Gasteiger partial charge in [-0.15, -0.1) is 0 Å². The third kappa shape index (κ3) is 6.43. The molecule has 41 heavy (non-hydrogen) atoms. The van der Waals surface area contributed by atoms with Crippen molar-refractivity contribution in [2.45, 2.75) is 57.5 Å². The number of piperidine rings is 1. The Labute approximate surface area is 245 Å². The maximum atomic E-state index is 12.5. The van der Waals surface area contributed by atoms with Gasteiger partial charge in [0.15, 0.2) is 0 Å². The first-order valence-corrected chi connectivity index (χ1v) is 15.1. The predicted octanol–water partition coefficient (Wildman–Crippen LogP) is 3.40. The molecule has 1 aliphatic carbocycles. The van der Waals surface area contributed by atoms with E-state index >= 15 is 0 Å². The molecule has 1 unspecified atom stereocenters. The van der Waals surface area contributed by atoms with E-state index in [2.05, 4.69) is 73.0 Å². The number of fused-ring (bicyclic) bond motifs is 1. The zero-order valence-electron chi connectivity index (χ0n) is 24.8. The molecule has 1 aromatic heterocycles. The second-order valence-corrected chi connectivity index (χ2v) is 11.9. The maximum absolute atomic E-state index is 12.5. The number of carbonyl (C=O) groups is 1. The Morgan fingerprint density at radius 1 is 1.20 bits per heavy atom. The van der Waals surface area contributed by atoms with Gasteiger partial charge in [0.1, 0.15) is 12.4 Å². The predicted molar refractivity (Wildman–Crippen MR) is 160 cm³/mol. The van der Waals surface area contributed by atoms with Crippen LogP contribution in [0, 0.1) is 29.6 Å². The summed E-state index contributed by atoms with van der Waals surface area (Å²) in [6.45, 7) is 10.2. The molecule has 4 heterocycles. The molecule has 9 heteroatoms. The molecule has 0 aromatic carbocycles. The standard InChI is InChI=1S/C32H44N7O2/c1-5-27-28(19-23-18-24-10-7-8-12-29(24)37(4)20-23)34-32(41-22-26-11-9-15-36(26)3)35-31(27)38-16-17-39(30(40)6-2)25(21-38)13-14-33/h6-8,10,12,23-26H,2,5,9,11,13,15-22H2,1,3-4H3/t23-,24?,25+,26+/m1/s1. The first kappa shape index (κ1) is 29.1. The highest BCUT2D eigenvalue weighted by Crippen LogP contribution is 2.37. The quantitative estimate of drug-likeness (QED) is 0.426. The van der Waals surface area contributed by atoms with Crippen LogP contribution in [0.4, 0.5) is 5.82 Å². The van der Waals surface area contributed by atoms with Crippen LogP contribution in [0.5, 0.6) is 6.01 Å². The summed E-state index contributed by atoms with van der Waals surface area (Å²) in [7, 11) is 4.34. The SMILES string of the molecule is C=CC(=O)N1CCN(c2nc(OC[C@@H]3CCCN3C)nc(C[C@H]3CC4[CH]C=CC=C4N(C)C3)c2CC)C[C@@H]1CC#N. The first-order chi connectivity index (χ1) is 19.9. The summed E-state index contributed by atoms with van der Waals surface area (Å²) in [5.74, 6) is 1.65. The molecule has 0 spiro atoms. The number of piperazine rings is 1.